The zero-order valence-electron chi connectivity index (χ0n) is 9.73. The summed E-state index contributed by atoms with van der Waals surface area (Å²) in [6.45, 7) is 4.01. The maximum absolute atomic E-state index is 11.8. The molecule has 0 saturated heterocycles. The van der Waals surface area contributed by atoms with Crippen molar-refractivity contribution in [2.45, 2.75) is 44.7 Å². The minimum absolute atomic E-state index is 0.248. The number of nitrogens with two attached hydrogens (primary N) is 1. The zero-order valence-corrected chi connectivity index (χ0v) is 9.73. The number of carbonyl (C=O) groups excluding carboxylic acids is 1. The number of rotatable bonds is 1. The molecule has 86 valence electrons. The van der Waals surface area contributed by atoms with Crippen LogP contribution >= 0.6 is 0 Å². The van der Waals surface area contributed by atoms with Gasteiger partial charge in [-0.15, -0.1) is 6.42 Å². The summed E-state index contributed by atoms with van der Waals surface area (Å²) >= 11 is 0. The first kappa shape index (κ1) is 11.0. The molecule has 3 atom stereocenters. The number of urea groups is 1. The van der Waals surface area contributed by atoms with Gasteiger partial charge in [0.1, 0.15) is 11.4 Å². The van der Waals surface area contributed by atoms with Crippen LogP contribution in [0.1, 0.15) is 33.1 Å². The van der Waals surface area contributed by atoms with E-state index in [1.807, 2.05) is 6.92 Å². The van der Waals surface area contributed by atoms with E-state index in [9.17, 15) is 4.79 Å². The Bertz CT molecular complexity index is 396. The van der Waals surface area contributed by atoms with E-state index in [1.165, 1.54) is 0 Å². The fourth-order valence-corrected chi connectivity index (χ4v) is 2.90. The molecule has 0 radical (unpaired) electrons. The molecule has 1 heterocycles. The van der Waals surface area contributed by atoms with Crippen LogP contribution < -0.4 is 5.73 Å². The van der Waals surface area contributed by atoms with Crippen molar-refractivity contribution in [3.63, 3.8) is 0 Å². The van der Waals surface area contributed by atoms with Gasteiger partial charge < -0.3 is 5.73 Å². The van der Waals surface area contributed by atoms with Crippen LogP contribution in [0.15, 0.2) is 4.99 Å². The lowest BCUT2D eigenvalue weighted by molar-refractivity contribution is 0.159. The van der Waals surface area contributed by atoms with E-state index < -0.39 is 5.54 Å². The maximum atomic E-state index is 11.8. The molecule has 0 aromatic heterocycles. The molecule has 2 aliphatic rings. The summed E-state index contributed by atoms with van der Waals surface area (Å²) in [5.41, 5.74) is 5.53. The number of aliphatic imine (C=N–C) groups is 1. The Labute approximate surface area is 95.9 Å². The molecule has 2 N–H and O–H groups in total. The van der Waals surface area contributed by atoms with Crippen molar-refractivity contribution in [1.29, 1.82) is 0 Å². The number of carbonyl (C=O) groups is 1. The van der Waals surface area contributed by atoms with Crippen molar-refractivity contribution in [3.05, 3.63) is 0 Å². The quantitative estimate of drug-likeness (QED) is 0.677. The lowest BCUT2D eigenvalue weighted by Crippen LogP contribution is -2.55. The highest BCUT2D eigenvalue weighted by Gasteiger charge is 2.53. The third-order valence-corrected chi connectivity index (χ3v) is 3.73. The van der Waals surface area contributed by atoms with Gasteiger partial charge >= 0.3 is 6.03 Å². The second-order valence-electron chi connectivity index (χ2n) is 4.87. The number of amidine groups is 1. The number of hydrogen-bond donors (Lipinski definition) is 1. The van der Waals surface area contributed by atoms with Crippen molar-refractivity contribution in [3.8, 4) is 12.3 Å². The summed E-state index contributed by atoms with van der Waals surface area (Å²) in [4.78, 5) is 17.4. The van der Waals surface area contributed by atoms with Crippen molar-refractivity contribution in [2.75, 3.05) is 0 Å². The molecule has 16 heavy (non-hydrogen) atoms. The summed E-state index contributed by atoms with van der Waals surface area (Å²) in [5, 5.41) is 0. The molecule has 2 rings (SSSR count). The summed E-state index contributed by atoms with van der Waals surface area (Å²) in [7, 11) is 0. The summed E-state index contributed by atoms with van der Waals surface area (Å²) in [5.74, 6) is 3.61. The van der Waals surface area contributed by atoms with Gasteiger partial charge in [0.25, 0.3) is 0 Å². The van der Waals surface area contributed by atoms with E-state index in [2.05, 4.69) is 17.8 Å². The largest absolute Gasteiger partial charge is 0.385 e. The predicted molar refractivity (Wildman–Crippen MR) is 62.9 cm³/mol. The number of amides is 2. The molecule has 1 fully saturated rings. The van der Waals surface area contributed by atoms with Crippen LogP contribution in [-0.2, 0) is 0 Å². The molecule has 1 aliphatic heterocycles. The SMILES string of the molecule is C#CC(C)N1C(=O)N=C(N)C12CCC(C)C2. The highest BCUT2D eigenvalue weighted by molar-refractivity contribution is 6.06. The third kappa shape index (κ3) is 1.31. The van der Waals surface area contributed by atoms with Gasteiger partial charge in [-0.1, -0.05) is 12.8 Å². The van der Waals surface area contributed by atoms with E-state index in [4.69, 9.17) is 12.2 Å². The van der Waals surface area contributed by atoms with Crippen molar-refractivity contribution in [2.24, 2.45) is 16.6 Å². The number of hydrogen-bond acceptors (Lipinski definition) is 2. The minimum Gasteiger partial charge on any atom is -0.385 e. The van der Waals surface area contributed by atoms with Crippen LogP contribution in [-0.4, -0.2) is 28.3 Å². The molecule has 0 aromatic rings. The van der Waals surface area contributed by atoms with Gasteiger partial charge in [-0.3, -0.25) is 4.90 Å². The number of terminal acetylenes is 1. The first-order valence-corrected chi connectivity index (χ1v) is 5.65. The topological polar surface area (TPSA) is 58.7 Å². The van der Waals surface area contributed by atoms with Crippen LogP contribution in [0.5, 0.6) is 0 Å². The second-order valence-corrected chi connectivity index (χ2v) is 4.87. The smallest absolute Gasteiger partial charge is 0.347 e. The van der Waals surface area contributed by atoms with Gasteiger partial charge in [0.15, 0.2) is 0 Å². The van der Waals surface area contributed by atoms with E-state index in [0.29, 0.717) is 11.8 Å². The molecule has 1 saturated carbocycles. The highest BCUT2D eigenvalue weighted by Crippen LogP contribution is 2.43. The van der Waals surface area contributed by atoms with Gasteiger partial charge in [-0.2, -0.15) is 4.99 Å². The molecule has 0 aromatic carbocycles. The van der Waals surface area contributed by atoms with E-state index >= 15 is 0 Å². The lowest BCUT2D eigenvalue weighted by Gasteiger charge is -2.36. The Hall–Kier alpha value is -1.50. The average molecular weight is 219 g/mol. The molecule has 1 aliphatic carbocycles. The van der Waals surface area contributed by atoms with Crippen LogP contribution in [0.25, 0.3) is 0 Å². The van der Waals surface area contributed by atoms with Crippen LogP contribution in [0.3, 0.4) is 0 Å². The fraction of sp³-hybridized carbons (Fsp3) is 0.667. The van der Waals surface area contributed by atoms with Crippen LogP contribution in [0, 0.1) is 18.3 Å². The maximum Gasteiger partial charge on any atom is 0.347 e. The van der Waals surface area contributed by atoms with Gasteiger partial charge in [0, 0.05) is 0 Å². The Morgan fingerprint density at radius 2 is 2.44 bits per heavy atom. The number of nitrogens with zero attached hydrogens (tertiary/aromatic N) is 2. The fourth-order valence-electron chi connectivity index (χ4n) is 2.90. The zero-order chi connectivity index (χ0) is 11.9. The van der Waals surface area contributed by atoms with Gasteiger partial charge in [0.05, 0.1) is 6.04 Å². The Morgan fingerprint density at radius 3 is 2.94 bits per heavy atom. The first-order valence-electron chi connectivity index (χ1n) is 5.65. The van der Waals surface area contributed by atoms with E-state index in [1.54, 1.807) is 4.90 Å². The molecule has 4 heteroatoms. The summed E-state index contributed by atoms with van der Waals surface area (Å²) in [6, 6.07) is -0.528. The third-order valence-electron chi connectivity index (χ3n) is 3.73. The summed E-state index contributed by atoms with van der Waals surface area (Å²) < 4.78 is 0. The van der Waals surface area contributed by atoms with Gasteiger partial charge in [0.2, 0.25) is 0 Å². The standard InChI is InChI=1S/C12H17N3O/c1-4-9(3)15-11(16)14-10(13)12(15)6-5-8(2)7-12/h1,8-9H,5-7H2,2-3H3,(H2,13,14,16). The van der Waals surface area contributed by atoms with E-state index in [-0.39, 0.29) is 12.1 Å². The van der Waals surface area contributed by atoms with E-state index in [0.717, 1.165) is 19.3 Å². The minimum atomic E-state index is -0.401. The van der Waals surface area contributed by atoms with Crippen molar-refractivity contribution in [1.82, 2.24) is 4.90 Å². The van der Waals surface area contributed by atoms with Gasteiger partial charge in [-0.25, -0.2) is 4.79 Å². The second kappa shape index (κ2) is 3.51. The Kier molecular flexibility index (Phi) is 2.42. The van der Waals surface area contributed by atoms with Gasteiger partial charge in [-0.05, 0) is 32.1 Å². The average Bonchev–Trinajstić information content (AvgIpc) is 2.71. The molecule has 1 spiro atoms. The monoisotopic (exact) mass is 219 g/mol. The van der Waals surface area contributed by atoms with Crippen LogP contribution in [0.2, 0.25) is 0 Å². The molecule has 2 amide bonds. The molecule has 3 unspecified atom stereocenters. The molecule has 4 nitrogen and oxygen atoms in total. The molecule has 0 bridgehead atoms. The Morgan fingerprint density at radius 1 is 1.75 bits per heavy atom. The first-order chi connectivity index (χ1) is 7.51. The summed E-state index contributed by atoms with van der Waals surface area (Å²) in [6.07, 6.45) is 8.23. The normalized spacial score (nSPS) is 35.3. The Balaban J connectivity index is 2.38. The van der Waals surface area contributed by atoms with Crippen LogP contribution in [0.4, 0.5) is 4.79 Å². The highest BCUT2D eigenvalue weighted by atomic mass is 16.2. The van der Waals surface area contributed by atoms with Crippen molar-refractivity contribution >= 4 is 11.9 Å². The molecular weight excluding hydrogens is 202 g/mol. The lowest BCUT2D eigenvalue weighted by atomic mass is 9.92. The molecular formula is C12H17N3O. The van der Waals surface area contributed by atoms with Crippen molar-refractivity contribution < 1.29 is 4.79 Å². The predicted octanol–water partition coefficient (Wildman–Crippen LogP) is 1.36.